The molecule has 3 rings (SSSR count). The number of phenolic OH excluding ortho intramolecular Hbond substituents is 3. The fourth-order valence-corrected chi connectivity index (χ4v) is 2.42. The van der Waals surface area contributed by atoms with Crippen molar-refractivity contribution < 1.29 is 25.2 Å². The Morgan fingerprint density at radius 3 is 2.50 bits per heavy atom. The number of fused-ring (bicyclic) bond motifs is 1. The van der Waals surface area contributed by atoms with Crippen LogP contribution in [0.5, 0.6) is 17.2 Å². The van der Waals surface area contributed by atoms with Gasteiger partial charge in [0.05, 0.1) is 16.9 Å². The predicted molar refractivity (Wildman–Crippen MR) is 86.6 cm³/mol. The molecule has 0 unspecified atom stereocenters. The van der Waals surface area contributed by atoms with E-state index in [1.54, 1.807) is 0 Å². The molecule has 1 heterocycles. The van der Waals surface area contributed by atoms with Crippen LogP contribution in [0.1, 0.15) is 0 Å². The summed E-state index contributed by atoms with van der Waals surface area (Å²) < 4.78 is 0. The Kier molecular flexibility index (Phi) is 3.49. The zero-order valence-corrected chi connectivity index (χ0v) is 12.1. The first-order valence-electron chi connectivity index (χ1n) is 6.78. The second-order valence-electron chi connectivity index (χ2n) is 5.06. The van der Waals surface area contributed by atoms with Gasteiger partial charge in [0.1, 0.15) is 5.75 Å². The molecule has 2 aromatic carbocycles. The number of hydrogen-bond donors (Lipinski definition) is 6. The zero-order valence-electron chi connectivity index (χ0n) is 12.1. The number of nitrogens with one attached hydrogen (secondary N) is 2. The summed E-state index contributed by atoms with van der Waals surface area (Å²) in [4.78, 5) is 25.9. The lowest BCUT2D eigenvalue weighted by Gasteiger charge is -2.11. The molecule has 1 aromatic heterocycles. The first-order valence-corrected chi connectivity index (χ1v) is 6.78. The molecule has 122 valence electrons. The molecule has 3 aromatic rings. The van der Waals surface area contributed by atoms with Crippen LogP contribution in [-0.2, 0) is 0 Å². The second-order valence-corrected chi connectivity index (χ2v) is 5.06. The third kappa shape index (κ3) is 2.56. The number of phenols is 3. The average Bonchev–Trinajstić information content (AvgIpc) is 2.50. The molecule has 1 amide bonds. The molecule has 0 atom stereocenters. The van der Waals surface area contributed by atoms with Crippen molar-refractivity contribution in [3.63, 3.8) is 0 Å². The highest BCUT2D eigenvalue weighted by atomic mass is 16.4. The minimum Gasteiger partial charge on any atom is -0.508 e. The van der Waals surface area contributed by atoms with Gasteiger partial charge in [-0.15, -0.1) is 0 Å². The standard InChI is InChI=1S/C16H12N2O6/c19-7-1-2-8(10(5-7)18-16(23)24)11-6-13(21)9-3-4-12(20)15(22)14(9)17-11/h1-6,18-20,22H,(H,17,21)(H,23,24). The maximum absolute atomic E-state index is 12.2. The summed E-state index contributed by atoms with van der Waals surface area (Å²) in [7, 11) is 0. The molecule has 0 bridgehead atoms. The van der Waals surface area contributed by atoms with Crippen molar-refractivity contribution >= 4 is 22.7 Å². The van der Waals surface area contributed by atoms with E-state index in [-0.39, 0.29) is 33.6 Å². The molecular formula is C16H12N2O6. The third-order valence-electron chi connectivity index (χ3n) is 3.49. The molecule has 24 heavy (non-hydrogen) atoms. The highest BCUT2D eigenvalue weighted by Gasteiger charge is 2.14. The van der Waals surface area contributed by atoms with Gasteiger partial charge in [0.15, 0.2) is 16.9 Å². The minimum atomic E-state index is -1.34. The topological polar surface area (TPSA) is 143 Å². The monoisotopic (exact) mass is 328 g/mol. The Bertz CT molecular complexity index is 1020. The summed E-state index contributed by atoms with van der Waals surface area (Å²) in [6.45, 7) is 0. The highest BCUT2D eigenvalue weighted by molar-refractivity contribution is 5.93. The van der Waals surface area contributed by atoms with E-state index in [4.69, 9.17) is 5.11 Å². The van der Waals surface area contributed by atoms with Crippen molar-refractivity contribution in [3.8, 4) is 28.5 Å². The fourth-order valence-electron chi connectivity index (χ4n) is 2.42. The summed E-state index contributed by atoms with van der Waals surface area (Å²) in [6.07, 6.45) is -1.34. The summed E-state index contributed by atoms with van der Waals surface area (Å²) in [6, 6.07) is 7.72. The molecule has 0 saturated carbocycles. The molecule has 8 nitrogen and oxygen atoms in total. The van der Waals surface area contributed by atoms with Gasteiger partial charge in [-0.05, 0) is 24.3 Å². The Balaban J connectivity index is 2.29. The van der Waals surface area contributed by atoms with Crippen molar-refractivity contribution in [2.24, 2.45) is 0 Å². The lowest BCUT2D eigenvalue weighted by Crippen LogP contribution is -2.09. The van der Waals surface area contributed by atoms with Crippen LogP contribution < -0.4 is 10.7 Å². The number of H-pyrrole nitrogens is 1. The van der Waals surface area contributed by atoms with Crippen molar-refractivity contribution in [3.05, 3.63) is 46.6 Å². The summed E-state index contributed by atoms with van der Waals surface area (Å²) in [5.74, 6) is -1.05. The maximum Gasteiger partial charge on any atom is 0.409 e. The Hall–Kier alpha value is -3.68. The number of benzene rings is 2. The third-order valence-corrected chi connectivity index (χ3v) is 3.49. The minimum absolute atomic E-state index is 0.0202. The number of hydrogen-bond acceptors (Lipinski definition) is 5. The van der Waals surface area contributed by atoms with Crippen LogP contribution >= 0.6 is 0 Å². The average molecular weight is 328 g/mol. The van der Waals surface area contributed by atoms with Crippen molar-refractivity contribution in [2.45, 2.75) is 0 Å². The van der Waals surface area contributed by atoms with Crippen molar-refractivity contribution in [1.29, 1.82) is 0 Å². The van der Waals surface area contributed by atoms with E-state index in [2.05, 4.69) is 10.3 Å². The second kappa shape index (κ2) is 5.51. The number of anilines is 1. The van der Waals surface area contributed by atoms with Crippen LogP contribution in [0, 0.1) is 0 Å². The molecule has 6 N–H and O–H groups in total. The Morgan fingerprint density at radius 1 is 1.04 bits per heavy atom. The molecule has 0 aliphatic heterocycles. The molecule has 0 fully saturated rings. The first kappa shape index (κ1) is 15.2. The molecule has 0 aliphatic rings. The largest absolute Gasteiger partial charge is 0.508 e. The van der Waals surface area contributed by atoms with Gasteiger partial charge in [-0.1, -0.05) is 0 Å². The van der Waals surface area contributed by atoms with Crippen molar-refractivity contribution in [2.75, 3.05) is 5.32 Å². The molecular weight excluding hydrogens is 316 g/mol. The molecule has 8 heteroatoms. The van der Waals surface area contributed by atoms with Gasteiger partial charge in [0.25, 0.3) is 0 Å². The predicted octanol–water partition coefficient (Wildman–Crippen LogP) is 2.40. The van der Waals surface area contributed by atoms with Crippen molar-refractivity contribution in [1.82, 2.24) is 4.98 Å². The highest BCUT2D eigenvalue weighted by Crippen LogP contribution is 2.34. The van der Waals surface area contributed by atoms with Gasteiger partial charge in [-0.3, -0.25) is 10.1 Å². The lowest BCUT2D eigenvalue weighted by atomic mass is 10.1. The maximum atomic E-state index is 12.2. The zero-order chi connectivity index (χ0) is 17.4. The summed E-state index contributed by atoms with van der Waals surface area (Å²) >= 11 is 0. The van der Waals surface area contributed by atoms with Crippen LogP contribution in [0.2, 0.25) is 0 Å². The summed E-state index contributed by atoms with van der Waals surface area (Å²) in [5, 5.41) is 40.2. The van der Waals surface area contributed by atoms with Gasteiger partial charge < -0.3 is 25.4 Å². The van der Waals surface area contributed by atoms with Crippen LogP contribution in [-0.4, -0.2) is 31.5 Å². The van der Waals surface area contributed by atoms with Gasteiger partial charge in [0.2, 0.25) is 0 Å². The number of aromatic amines is 1. The smallest absolute Gasteiger partial charge is 0.409 e. The van der Waals surface area contributed by atoms with Gasteiger partial charge in [-0.2, -0.15) is 0 Å². The van der Waals surface area contributed by atoms with E-state index in [0.717, 1.165) is 0 Å². The van der Waals surface area contributed by atoms with E-state index < -0.39 is 23.0 Å². The van der Waals surface area contributed by atoms with Crippen LogP contribution in [0.15, 0.2) is 41.2 Å². The lowest BCUT2D eigenvalue weighted by molar-refractivity contribution is 0.210. The SMILES string of the molecule is O=C(O)Nc1cc(O)ccc1-c1cc(=O)c2ccc(O)c(O)c2[nH]1. The van der Waals surface area contributed by atoms with E-state index in [1.165, 1.54) is 36.4 Å². The molecule has 0 spiro atoms. The number of amides is 1. The van der Waals surface area contributed by atoms with E-state index in [0.29, 0.717) is 0 Å². The fraction of sp³-hybridized carbons (Fsp3) is 0. The van der Waals surface area contributed by atoms with Crippen LogP contribution in [0.4, 0.5) is 10.5 Å². The number of aromatic hydroxyl groups is 3. The number of pyridine rings is 1. The number of carboxylic acid groups (broad SMARTS) is 1. The normalized spacial score (nSPS) is 10.7. The van der Waals surface area contributed by atoms with E-state index in [1.807, 2.05) is 0 Å². The number of aromatic nitrogens is 1. The van der Waals surface area contributed by atoms with Crippen LogP contribution in [0.25, 0.3) is 22.2 Å². The summed E-state index contributed by atoms with van der Waals surface area (Å²) in [5.41, 5.74) is 0.140. The Morgan fingerprint density at radius 2 is 1.79 bits per heavy atom. The van der Waals surface area contributed by atoms with Gasteiger partial charge in [0, 0.05) is 23.1 Å². The molecule has 0 radical (unpaired) electrons. The van der Waals surface area contributed by atoms with E-state index in [9.17, 15) is 24.9 Å². The van der Waals surface area contributed by atoms with Gasteiger partial charge >= 0.3 is 6.09 Å². The number of rotatable bonds is 2. The Labute approximate surface area is 134 Å². The first-order chi connectivity index (χ1) is 11.4. The van der Waals surface area contributed by atoms with E-state index >= 15 is 0 Å². The number of carbonyl (C=O) groups is 1. The van der Waals surface area contributed by atoms with Gasteiger partial charge in [-0.25, -0.2) is 4.79 Å². The van der Waals surface area contributed by atoms with Crippen LogP contribution in [0.3, 0.4) is 0 Å². The quantitative estimate of drug-likeness (QED) is 0.399. The molecule has 0 aliphatic carbocycles. The molecule has 0 saturated heterocycles.